The molecule has 1 atom stereocenters. The fourth-order valence-corrected chi connectivity index (χ4v) is 0.933. The largest absolute Gasteiger partial charge is 0.760 e. The second-order valence-corrected chi connectivity index (χ2v) is 3.59. The van der Waals surface area contributed by atoms with Crippen molar-refractivity contribution in [3.8, 4) is 0 Å². The van der Waals surface area contributed by atoms with E-state index in [0.29, 0.717) is 19.5 Å². The molecule has 0 aliphatic heterocycles. The van der Waals surface area contributed by atoms with Gasteiger partial charge in [-0.2, -0.15) is 4.65 Å². The van der Waals surface area contributed by atoms with Gasteiger partial charge in [-0.25, -0.2) is 9.93 Å². The maximum Gasteiger partial charge on any atom is 0.109 e. The number of nitrogens with zero attached hydrogens (tertiary/aromatic N) is 1. The topological polar surface area (TPSA) is 72.4 Å². The van der Waals surface area contributed by atoms with Gasteiger partial charge >= 0.3 is 0 Å². The molecule has 0 spiro atoms. The van der Waals surface area contributed by atoms with E-state index in [1.165, 1.54) is 0 Å². The van der Waals surface area contributed by atoms with Crippen LogP contribution in [0.5, 0.6) is 0 Å². The molecule has 0 aliphatic rings. The van der Waals surface area contributed by atoms with Crippen LogP contribution in [0.3, 0.4) is 0 Å². The molecule has 12 heavy (non-hydrogen) atoms. The summed E-state index contributed by atoms with van der Waals surface area (Å²) < 4.78 is 22.0. The number of rotatable bonds is 5. The number of nitrogens with one attached hydrogen (secondary N) is 1. The van der Waals surface area contributed by atoms with E-state index in [1.54, 1.807) is 14.1 Å². The average molecular weight is 449 g/mol. The summed E-state index contributed by atoms with van der Waals surface area (Å²) in [4.78, 5) is 0. The molecule has 1 unspecified atom stereocenters. The van der Waals surface area contributed by atoms with E-state index < -0.39 is 11.3 Å². The van der Waals surface area contributed by atoms with Crippen LogP contribution >= 0.6 is 0 Å². The van der Waals surface area contributed by atoms with Gasteiger partial charge in [-0.3, -0.25) is 4.21 Å². The normalized spacial score (nSPS) is 13.7. The molecule has 0 saturated heterocycles. The smallest absolute Gasteiger partial charge is 0.109 e. The Labute approximate surface area is 69.0 Å². The third-order valence-corrected chi connectivity index (χ3v) is 1.54. The summed E-state index contributed by atoms with van der Waals surface area (Å²) in [5.74, 6) is 0. The standard InChI is InChI=1S/C5H14N2O3S.Rf/c1-7(2,8)5-3-4-6-11(9)10;/h6,8H,3-5H2,1-2H3;. The number of hydroxylamine groups is 3. The summed E-state index contributed by atoms with van der Waals surface area (Å²) in [6, 6.07) is 0. The first-order chi connectivity index (χ1) is 4.92. The summed E-state index contributed by atoms with van der Waals surface area (Å²) in [5, 5.41) is 9.14. The molecule has 0 aromatic rings. The number of quaternary nitrogens is 1. The van der Waals surface area contributed by atoms with Crippen molar-refractivity contribution in [3.05, 3.63) is 0 Å². The van der Waals surface area contributed by atoms with Crippen molar-refractivity contribution in [1.29, 1.82) is 0 Å². The molecule has 0 rings (SSSR count). The molecule has 0 amide bonds. The van der Waals surface area contributed by atoms with Gasteiger partial charge in [0.1, 0.15) is 6.54 Å². The van der Waals surface area contributed by atoms with Gasteiger partial charge < -0.3 is 4.55 Å². The molecular formula is C5H14N2O3RfS. The van der Waals surface area contributed by atoms with Gasteiger partial charge in [0.2, 0.25) is 0 Å². The summed E-state index contributed by atoms with van der Waals surface area (Å²) in [7, 11) is 3.27. The van der Waals surface area contributed by atoms with Gasteiger partial charge in [0.15, 0.2) is 0 Å². The van der Waals surface area contributed by atoms with E-state index in [4.69, 9.17) is 5.21 Å². The van der Waals surface area contributed by atoms with Crippen LogP contribution in [0.15, 0.2) is 0 Å². The van der Waals surface area contributed by atoms with Gasteiger partial charge in [-0.15, -0.1) is 0 Å². The Kier molecular flexibility index (Phi) is 6.35. The Balaban J connectivity index is 0. The minimum atomic E-state index is -2.18. The zero-order chi connectivity index (χ0) is 8.91. The van der Waals surface area contributed by atoms with Crippen molar-refractivity contribution in [2.24, 2.45) is 0 Å². The van der Waals surface area contributed by atoms with Crippen molar-refractivity contribution >= 4 is 11.3 Å². The number of hydrogen-bond acceptors (Lipinski definition) is 3. The average Bonchev–Trinajstić information content (AvgIpc) is 1.78. The zero-order valence-electron chi connectivity index (χ0n) is 7.45. The van der Waals surface area contributed by atoms with Crippen LogP contribution < -0.4 is 4.72 Å². The minimum Gasteiger partial charge on any atom is -0.760 e. The minimum absolute atomic E-state index is 0. The molecule has 0 aromatic heterocycles. The molecule has 70 valence electrons. The van der Waals surface area contributed by atoms with E-state index in [2.05, 4.69) is 4.72 Å². The van der Waals surface area contributed by atoms with E-state index in [0.717, 1.165) is 0 Å². The predicted octanol–water partition coefficient (Wildman–Crippen LogP) is -0.774. The first-order valence-corrected chi connectivity index (χ1v) is 4.38. The van der Waals surface area contributed by atoms with Crippen LogP contribution in [0, 0.1) is 0 Å². The molecule has 0 heterocycles. The molecular weight excluding hydrogens is 435 g/mol. The Morgan fingerprint density at radius 2 is 2.08 bits per heavy atom. The van der Waals surface area contributed by atoms with Gasteiger partial charge in [0.25, 0.3) is 0 Å². The van der Waals surface area contributed by atoms with Gasteiger partial charge in [0.05, 0.1) is 14.1 Å². The summed E-state index contributed by atoms with van der Waals surface area (Å²) in [6.45, 7) is 0.905. The maximum absolute atomic E-state index is 9.95. The second-order valence-electron chi connectivity index (χ2n) is 2.83. The SMILES string of the molecule is C[N+](C)(O)CCCNS(=O)[O-].[Rf]. The predicted molar refractivity (Wildman–Crippen MR) is 40.3 cm³/mol. The Hall–Kier alpha value is -1.01. The Morgan fingerprint density at radius 3 is 2.42 bits per heavy atom. The first kappa shape index (κ1) is 13.6. The van der Waals surface area contributed by atoms with Crippen molar-refractivity contribution in [3.63, 3.8) is 0 Å². The zero-order valence-corrected chi connectivity index (χ0v) is 14.7. The molecule has 7 heteroatoms. The summed E-state index contributed by atoms with van der Waals surface area (Å²) in [6.07, 6.45) is 0.622. The van der Waals surface area contributed by atoms with E-state index in [-0.39, 0.29) is 4.65 Å². The van der Waals surface area contributed by atoms with Crippen LogP contribution in [0.1, 0.15) is 6.42 Å². The second kappa shape index (κ2) is 5.62. The third kappa shape index (κ3) is 11.7. The van der Waals surface area contributed by atoms with Crippen LogP contribution in [0.2, 0.25) is 0 Å². The third-order valence-electron chi connectivity index (χ3n) is 1.10. The van der Waals surface area contributed by atoms with Crippen LogP contribution in [-0.2, 0) is 11.3 Å². The monoisotopic (exact) mass is 449 g/mol. The van der Waals surface area contributed by atoms with Crippen molar-refractivity contribution < 1.29 is 18.6 Å². The van der Waals surface area contributed by atoms with E-state index in [9.17, 15) is 8.76 Å². The fourth-order valence-electron chi connectivity index (χ4n) is 0.621. The molecule has 0 aliphatic carbocycles. The summed E-state index contributed by atoms with van der Waals surface area (Å²) in [5.41, 5.74) is 0. The molecule has 0 saturated carbocycles. The van der Waals surface area contributed by atoms with Crippen LogP contribution in [0.25, 0.3) is 0 Å². The van der Waals surface area contributed by atoms with Crippen molar-refractivity contribution in [1.82, 2.24) is 4.72 Å². The van der Waals surface area contributed by atoms with E-state index in [1.807, 2.05) is 0 Å². The molecule has 0 radical (unpaired) electrons. The molecule has 0 aromatic carbocycles. The van der Waals surface area contributed by atoms with Gasteiger partial charge in [-0.05, 0) is 0 Å². The quantitative estimate of drug-likeness (QED) is 0.251. The number of hydrogen-bond donors (Lipinski definition) is 2. The van der Waals surface area contributed by atoms with Crippen molar-refractivity contribution in [2.75, 3.05) is 27.2 Å². The molecule has 0 fully saturated rings. The van der Waals surface area contributed by atoms with Crippen LogP contribution in [-0.4, -0.2) is 45.8 Å². The maximum atomic E-state index is 9.95. The van der Waals surface area contributed by atoms with Crippen LogP contribution in [0.4, 0.5) is 0 Å². The Bertz CT molecular complexity index is 139. The van der Waals surface area contributed by atoms with Gasteiger partial charge in [0, 0.05) is 24.2 Å². The fraction of sp³-hybridized carbons (Fsp3) is 1.00. The summed E-state index contributed by atoms with van der Waals surface area (Å²) >= 11 is -2.18. The molecule has 0 bridgehead atoms. The van der Waals surface area contributed by atoms with Gasteiger partial charge in [-0.1, -0.05) is 0 Å². The molecule has 5 nitrogen and oxygen atoms in total. The molecule has 2 N–H and O–H groups in total. The van der Waals surface area contributed by atoms with E-state index >= 15 is 0 Å². The first-order valence-electron chi connectivity index (χ1n) is 3.30. The van der Waals surface area contributed by atoms with Crippen molar-refractivity contribution in [2.45, 2.75) is 6.42 Å². The Morgan fingerprint density at radius 1 is 1.58 bits per heavy atom.